The second-order valence-corrected chi connectivity index (χ2v) is 10.1. The van der Waals surface area contributed by atoms with E-state index in [2.05, 4.69) is 20.1 Å². The van der Waals surface area contributed by atoms with Gasteiger partial charge in [-0.15, -0.1) is 0 Å². The Morgan fingerprint density at radius 2 is 1.83 bits per heavy atom. The summed E-state index contributed by atoms with van der Waals surface area (Å²) in [6, 6.07) is 16.0. The normalized spacial score (nSPS) is 14.4. The fourth-order valence-corrected chi connectivity index (χ4v) is 5.11. The number of aliphatic imine (C=N–C) groups is 1. The Morgan fingerprint density at radius 3 is 2.63 bits per heavy atom. The van der Waals surface area contributed by atoms with Gasteiger partial charge in [0.15, 0.2) is 0 Å². The van der Waals surface area contributed by atoms with Gasteiger partial charge in [-0.1, -0.05) is 30.7 Å². The van der Waals surface area contributed by atoms with E-state index < -0.39 is 10.0 Å². The second-order valence-electron chi connectivity index (χ2n) is 8.43. The van der Waals surface area contributed by atoms with E-state index >= 15 is 0 Å². The molecule has 0 unspecified atom stereocenters. The van der Waals surface area contributed by atoms with Crippen LogP contribution >= 0.6 is 0 Å². The number of amidine groups is 1. The third-order valence-electron chi connectivity index (χ3n) is 5.79. The van der Waals surface area contributed by atoms with Crippen LogP contribution in [0.2, 0.25) is 0 Å². The predicted molar refractivity (Wildman–Crippen MR) is 138 cm³/mol. The smallest absolute Gasteiger partial charge is 0.262 e. The first-order chi connectivity index (χ1) is 16.8. The molecule has 0 aliphatic carbocycles. The topological polar surface area (TPSA) is 105 Å². The lowest BCUT2D eigenvalue weighted by Gasteiger charge is -2.11. The summed E-state index contributed by atoms with van der Waals surface area (Å²) in [5.74, 6) is 0.119. The van der Waals surface area contributed by atoms with Crippen molar-refractivity contribution in [3.05, 3.63) is 77.6 Å². The molecule has 0 bridgehead atoms. The summed E-state index contributed by atoms with van der Waals surface area (Å²) in [6.07, 6.45) is 6.67. The summed E-state index contributed by atoms with van der Waals surface area (Å²) in [6.45, 7) is 4.47. The number of aromatic nitrogens is 2. The molecule has 0 saturated heterocycles. The van der Waals surface area contributed by atoms with Crippen LogP contribution in [-0.4, -0.2) is 36.5 Å². The number of sulfonamides is 1. The number of nitrogens with one attached hydrogen (secondary N) is 2. The van der Waals surface area contributed by atoms with Crippen molar-refractivity contribution in [2.75, 3.05) is 11.9 Å². The number of para-hydroxylation sites is 1. The summed E-state index contributed by atoms with van der Waals surface area (Å²) < 4.78 is 30.1. The van der Waals surface area contributed by atoms with Gasteiger partial charge in [-0.2, -0.15) is 5.10 Å². The number of carbonyl (C=O) groups is 1. The zero-order valence-electron chi connectivity index (χ0n) is 19.9. The molecule has 1 aliphatic rings. The number of nitrogens with zero attached hydrogens (tertiary/aromatic N) is 3. The van der Waals surface area contributed by atoms with E-state index in [1.165, 1.54) is 18.2 Å². The van der Waals surface area contributed by atoms with E-state index in [9.17, 15) is 13.2 Å². The molecule has 8 nitrogen and oxygen atoms in total. The molecule has 0 atom stereocenters. The van der Waals surface area contributed by atoms with Crippen LogP contribution in [0.5, 0.6) is 0 Å². The van der Waals surface area contributed by atoms with E-state index in [1.807, 2.05) is 48.9 Å². The van der Waals surface area contributed by atoms with Gasteiger partial charge in [0, 0.05) is 36.0 Å². The van der Waals surface area contributed by atoms with E-state index in [-0.39, 0.29) is 10.8 Å². The maximum atomic E-state index is 12.8. The second kappa shape index (κ2) is 10.7. The molecule has 35 heavy (non-hydrogen) atoms. The fourth-order valence-electron chi connectivity index (χ4n) is 3.97. The summed E-state index contributed by atoms with van der Waals surface area (Å²) in [7, 11) is -3.79. The predicted octanol–water partition coefficient (Wildman–Crippen LogP) is 4.39. The van der Waals surface area contributed by atoms with Gasteiger partial charge < -0.3 is 5.32 Å². The van der Waals surface area contributed by atoms with E-state index in [0.717, 1.165) is 41.9 Å². The zero-order valence-corrected chi connectivity index (χ0v) is 20.7. The third kappa shape index (κ3) is 6.05. The van der Waals surface area contributed by atoms with Crippen molar-refractivity contribution in [1.29, 1.82) is 0 Å². The lowest BCUT2D eigenvalue weighted by molar-refractivity contribution is -0.111. The molecule has 2 aromatic carbocycles. The highest BCUT2D eigenvalue weighted by molar-refractivity contribution is 7.90. The van der Waals surface area contributed by atoms with Crippen molar-refractivity contribution in [1.82, 2.24) is 14.5 Å². The number of benzene rings is 2. The average Bonchev–Trinajstić information content (AvgIpc) is 2.98. The van der Waals surface area contributed by atoms with Crippen LogP contribution < -0.4 is 10.0 Å². The van der Waals surface area contributed by atoms with Gasteiger partial charge in [-0.3, -0.25) is 14.5 Å². The highest BCUT2D eigenvalue weighted by Gasteiger charge is 2.18. The van der Waals surface area contributed by atoms with Crippen molar-refractivity contribution >= 4 is 33.5 Å². The SMILES string of the molecule is Cc1nn(-c2ccccc2)c(C)c1C=CC(=O)Nc1cccc(S(=O)(=O)NC2=NCCCCC2)c1. The monoisotopic (exact) mass is 491 g/mol. The van der Waals surface area contributed by atoms with Gasteiger partial charge in [0.25, 0.3) is 10.0 Å². The summed E-state index contributed by atoms with van der Waals surface area (Å²) in [5.41, 5.74) is 3.90. The molecule has 0 radical (unpaired) electrons. The molecule has 4 rings (SSSR count). The Morgan fingerprint density at radius 1 is 1.03 bits per heavy atom. The van der Waals surface area contributed by atoms with Crippen molar-refractivity contribution in [2.24, 2.45) is 4.99 Å². The van der Waals surface area contributed by atoms with Crippen LogP contribution in [0.1, 0.15) is 42.6 Å². The van der Waals surface area contributed by atoms with E-state index in [4.69, 9.17) is 0 Å². The van der Waals surface area contributed by atoms with Crippen molar-refractivity contribution in [3.63, 3.8) is 0 Å². The minimum absolute atomic E-state index is 0.0713. The van der Waals surface area contributed by atoms with E-state index in [1.54, 1.807) is 18.2 Å². The van der Waals surface area contributed by atoms with Crippen molar-refractivity contribution in [3.8, 4) is 5.69 Å². The fraction of sp³-hybridized carbons (Fsp3) is 0.269. The lowest BCUT2D eigenvalue weighted by Crippen LogP contribution is -2.30. The van der Waals surface area contributed by atoms with Crippen LogP contribution in [-0.2, 0) is 14.8 Å². The molecule has 0 fully saturated rings. The molecule has 3 aromatic rings. The molecular weight excluding hydrogens is 462 g/mol. The number of hydrogen-bond donors (Lipinski definition) is 2. The Hall–Kier alpha value is -3.72. The number of aryl methyl sites for hydroxylation is 1. The lowest BCUT2D eigenvalue weighted by atomic mass is 10.2. The number of rotatable bonds is 6. The average molecular weight is 492 g/mol. The van der Waals surface area contributed by atoms with Gasteiger partial charge in [0.2, 0.25) is 5.91 Å². The first-order valence-corrected chi connectivity index (χ1v) is 13.1. The van der Waals surface area contributed by atoms with Crippen LogP contribution in [0.3, 0.4) is 0 Å². The molecule has 0 spiro atoms. The number of carbonyl (C=O) groups excluding carboxylic acids is 1. The molecule has 2 N–H and O–H groups in total. The minimum Gasteiger partial charge on any atom is -0.322 e. The Balaban J connectivity index is 1.46. The molecule has 1 aliphatic heterocycles. The zero-order chi connectivity index (χ0) is 24.8. The van der Waals surface area contributed by atoms with Crippen LogP contribution in [0.25, 0.3) is 11.8 Å². The molecule has 1 aromatic heterocycles. The standard InChI is InChI=1S/C26H29N5O3S/c1-19-24(20(2)31(29-19)22-11-5-3-6-12-22)15-16-26(32)28-21-10-9-13-23(18-21)35(33,34)30-25-14-7-4-8-17-27-25/h3,5-6,9-13,15-16,18H,4,7-8,14,17H2,1-2H3,(H,27,30)(H,28,32). The molecule has 182 valence electrons. The first-order valence-electron chi connectivity index (χ1n) is 11.6. The van der Waals surface area contributed by atoms with Gasteiger partial charge >= 0.3 is 0 Å². The van der Waals surface area contributed by atoms with Gasteiger partial charge in [0.05, 0.1) is 16.3 Å². The van der Waals surface area contributed by atoms with Gasteiger partial charge in [-0.05, 0) is 63.1 Å². The van der Waals surface area contributed by atoms with Gasteiger partial charge in [0.1, 0.15) is 5.84 Å². The maximum Gasteiger partial charge on any atom is 0.262 e. The Labute approximate surface area is 205 Å². The third-order valence-corrected chi connectivity index (χ3v) is 7.17. The van der Waals surface area contributed by atoms with Gasteiger partial charge in [-0.25, -0.2) is 13.1 Å². The quantitative estimate of drug-likeness (QED) is 0.499. The summed E-state index contributed by atoms with van der Waals surface area (Å²) in [5, 5.41) is 7.33. The highest BCUT2D eigenvalue weighted by atomic mass is 32.2. The minimum atomic E-state index is -3.79. The number of amides is 1. The molecular formula is C26H29N5O3S. The number of hydrogen-bond acceptors (Lipinski definition) is 5. The van der Waals surface area contributed by atoms with Crippen LogP contribution in [0.15, 0.2) is 70.6 Å². The highest BCUT2D eigenvalue weighted by Crippen LogP contribution is 2.20. The molecule has 0 saturated carbocycles. The Kier molecular flexibility index (Phi) is 7.45. The van der Waals surface area contributed by atoms with Crippen LogP contribution in [0, 0.1) is 13.8 Å². The number of anilines is 1. The maximum absolute atomic E-state index is 12.8. The summed E-state index contributed by atoms with van der Waals surface area (Å²) >= 11 is 0. The van der Waals surface area contributed by atoms with E-state index in [0.29, 0.717) is 24.5 Å². The van der Waals surface area contributed by atoms with Crippen molar-refractivity contribution in [2.45, 2.75) is 44.4 Å². The molecule has 9 heteroatoms. The van der Waals surface area contributed by atoms with Crippen molar-refractivity contribution < 1.29 is 13.2 Å². The van der Waals surface area contributed by atoms with Crippen LogP contribution in [0.4, 0.5) is 5.69 Å². The molecule has 1 amide bonds. The largest absolute Gasteiger partial charge is 0.322 e. The Bertz CT molecular complexity index is 1380. The summed E-state index contributed by atoms with van der Waals surface area (Å²) in [4.78, 5) is 17.0. The molecule has 2 heterocycles. The first kappa shape index (κ1) is 24.4.